The molecule has 0 aliphatic heterocycles. The van der Waals surface area contributed by atoms with Crippen LogP contribution < -0.4 is 0 Å². The Kier molecular flexibility index (Phi) is 24.7. The predicted molar refractivity (Wildman–Crippen MR) is 96.5 cm³/mol. The summed E-state index contributed by atoms with van der Waals surface area (Å²) in [7, 11) is 0. The lowest BCUT2D eigenvalue weighted by molar-refractivity contribution is -0.000492. The van der Waals surface area contributed by atoms with E-state index < -0.39 is 0 Å². The smallest absolute Gasteiger partial charge is 0.0701 e. The Morgan fingerprint density at radius 1 is 0.625 bits per heavy atom. The molecule has 0 aliphatic carbocycles. The second-order valence-corrected chi connectivity index (χ2v) is 5.62. The number of aliphatic hydroxyl groups excluding tert-OH is 2. The Morgan fingerprint density at radius 3 is 1.25 bits per heavy atom. The van der Waals surface area contributed by atoms with Crippen LogP contribution >= 0.6 is 0 Å². The van der Waals surface area contributed by atoms with Gasteiger partial charge >= 0.3 is 0 Å². The van der Waals surface area contributed by atoms with Gasteiger partial charge in [-0.2, -0.15) is 0 Å². The van der Waals surface area contributed by atoms with Gasteiger partial charge in [-0.15, -0.1) is 0 Å². The molecule has 0 aliphatic rings. The molecular formula is C18H40O6. The van der Waals surface area contributed by atoms with E-state index in [9.17, 15) is 0 Å². The molecule has 0 bridgehead atoms. The van der Waals surface area contributed by atoms with Crippen LogP contribution in [0.5, 0.6) is 0 Å². The van der Waals surface area contributed by atoms with E-state index in [1.807, 2.05) is 0 Å². The van der Waals surface area contributed by atoms with Crippen molar-refractivity contribution >= 4 is 0 Å². The van der Waals surface area contributed by atoms with Crippen molar-refractivity contribution in [2.24, 2.45) is 0 Å². The maximum absolute atomic E-state index is 8.36. The summed E-state index contributed by atoms with van der Waals surface area (Å²) in [6.45, 7) is 11.5. The largest absolute Gasteiger partial charge is 0.394 e. The van der Waals surface area contributed by atoms with Crippen LogP contribution in [-0.2, 0) is 18.9 Å². The minimum atomic E-state index is 0.0413. The summed E-state index contributed by atoms with van der Waals surface area (Å²) in [5, 5.41) is 16.7. The summed E-state index contributed by atoms with van der Waals surface area (Å²) in [5.41, 5.74) is 0. The monoisotopic (exact) mass is 352 g/mol. The fraction of sp³-hybridized carbons (Fsp3) is 1.00. The van der Waals surface area contributed by atoms with Gasteiger partial charge in [-0.1, -0.05) is 26.7 Å². The first-order valence-corrected chi connectivity index (χ1v) is 9.22. The third-order valence-electron chi connectivity index (χ3n) is 3.07. The fourth-order valence-electron chi connectivity index (χ4n) is 2.02. The van der Waals surface area contributed by atoms with E-state index in [0.717, 1.165) is 0 Å². The minimum absolute atomic E-state index is 0.0413. The zero-order chi connectivity index (χ0) is 18.5. The molecule has 6 heteroatoms. The Balaban J connectivity index is 0. The van der Waals surface area contributed by atoms with Crippen molar-refractivity contribution < 1.29 is 29.2 Å². The van der Waals surface area contributed by atoms with E-state index in [1.54, 1.807) is 0 Å². The summed E-state index contributed by atoms with van der Waals surface area (Å²) in [6.07, 6.45) is 5.71. The highest BCUT2D eigenvalue weighted by atomic mass is 16.5. The van der Waals surface area contributed by atoms with E-state index in [2.05, 4.69) is 27.7 Å². The highest BCUT2D eigenvalue weighted by Gasteiger charge is 2.05. The molecular weight excluding hydrogens is 312 g/mol. The number of ether oxygens (including phenoxy) is 4. The zero-order valence-corrected chi connectivity index (χ0v) is 16.2. The molecule has 0 rings (SSSR count). The first-order valence-electron chi connectivity index (χ1n) is 9.22. The van der Waals surface area contributed by atoms with Gasteiger partial charge in [-0.05, 0) is 26.7 Å². The molecule has 148 valence electrons. The molecule has 2 unspecified atom stereocenters. The maximum atomic E-state index is 8.36. The van der Waals surface area contributed by atoms with Crippen molar-refractivity contribution in [2.75, 3.05) is 52.9 Å². The first kappa shape index (κ1) is 26.0. The third kappa shape index (κ3) is 24.0. The predicted octanol–water partition coefficient (Wildman–Crippen LogP) is 2.40. The topological polar surface area (TPSA) is 77.4 Å². The molecule has 2 N–H and O–H groups in total. The van der Waals surface area contributed by atoms with Crippen LogP contribution in [0.3, 0.4) is 0 Å². The van der Waals surface area contributed by atoms with Gasteiger partial charge < -0.3 is 29.2 Å². The van der Waals surface area contributed by atoms with Crippen LogP contribution in [0.15, 0.2) is 0 Å². The van der Waals surface area contributed by atoms with E-state index in [1.165, 1.54) is 25.7 Å². The van der Waals surface area contributed by atoms with E-state index in [-0.39, 0.29) is 13.2 Å². The molecule has 0 aromatic carbocycles. The van der Waals surface area contributed by atoms with Crippen LogP contribution in [0.25, 0.3) is 0 Å². The Hall–Kier alpha value is -0.240. The molecule has 0 amide bonds. The second kappa shape index (κ2) is 22.8. The van der Waals surface area contributed by atoms with Crippen LogP contribution in [0.4, 0.5) is 0 Å². The van der Waals surface area contributed by atoms with Crippen molar-refractivity contribution in [1.29, 1.82) is 0 Å². The van der Waals surface area contributed by atoms with Crippen molar-refractivity contribution in [3.05, 3.63) is 0 Å². The summed E-state index contributed by atoms with van der Waals surface area (Å²) < 4.78 is 20.8. The van der Waals surface area contributed by atoms with Gasteiger partial charge in [0.1, 0.15) is 0 Å². The summed E-state index contributed by atoms with van der Waals surface area (Å²) in [5.74, 6) is 0. The standard InChI is InChI=1S/C10H22O.C8H18O5/c1-5-7-9(3)11-10(4)8-6-2;9-1-3-11-5-7-13-8-6-12-4-2-10/h9-10H,5-8H2,1-4H3;9-10H,1-8H2. The minimum Gasteiger partial charge on any atom is -0.394 e. The molecule has 0 fully saturated rings. The SMILES string of the molecule is CCCC(C)OC(C)CCC.OCCOCCOCCOCCO. The average molecular weight is 353 g/mol. The molecule has 0 aromatic rings. The quantitative estimate of drug-likeness (QED) is 0.415. The van der Waals surface area contributed by atoms with Gasteiger partial charge in [0.2, 0.25) is 0 Å². The van der Waals surface area contributed by atoms with Gasteiger partial charge in [0, 0.05) is 0 Å². The molecule has 0 radical (unpaired) electrons. The van der Waals surface area contributed by atoms with E-state index >= 15 is 0 Å². The number of aliphatic hydroxyl groups is 2. The summed E-state index contributed by atoms with van der Waals surface area (Å²) in [6, 6.07) is 0. The number of hydrogen-bond acceptors (Lipinski definition) is 6. The summed E-state index contributed by atoms with van der Waals surface area (Å²) in [4.78, 5) is 0. The highest BCUT2D eigenvalue weighted by Crippen LogP contribution is 2.08. The Bertz CT molecular complexity index is 196. The molecule has 0 saturated carbocycles. The van der Waals surface area contributed by atoms with Crippen LogP contribution in [-0.4, -0.2) is 75.3 Å². The lowest BCUT2D eigenvalue weighted by atomic mass is 10.2. The van der Waals surface area contributed by atoms with Crippen molar-refractivity contribution in [1.82, 2.24) is 0 Å². The first-order chi connectivity index (χ1) is 11.6. The molecule has 2 atom stereocenters. The van der Waals surface area contributed by atoms with Gasteiger partial charge in [0.25, 0.3) is 0 Å². The van der Waals surface area contributed by atoms with E-state index in [0.29, 0.717) is 51.8 Å². The van der Waals surface area contributed by atoms with Gasteiger partial charge in [-0.25, -0.2) is 0 Å². The lowest BCUT2D eigenvalue weighted by Gasteiger charge is -2.17. The second-order valence-electron chi connectivity index (χ2n) is 5.62. The number of rotatable bonds is 16. The van der Waals surface area contributed by atoms with Crippen LogP contribution in [0.1, 0.15) is 53.4 Å². The summed E-state index contributed by atoms with van der Waals surface area (Å²) >= 11 is 0. The van der Waals surface area contributed by atoms with Crippen molar-refractivity contribution in [2.45, 2.75) is 65.6 Å². The molecule has 6 nitrogen and oxygen atoms in total. The normalized spacial score (nSPS) is 13.2. The molecule has 0 aromatic heterocycles. The highest BCUT2D eigenvalue weighted by molar-refractivity contribution is 4.54. The van der Waals surface area contributed by atoms with Crippen molar-refractivity contribution in [3.8, 4) is 0 Å². The Labute approximate surface area is 148 Å². The van der Waals surface area contributed by atoms with E-state index in [4.69, 9.17) is 29.2 Å². The molecule has 0 spiro atoms. The number of hydrogen-bond donors (Lipinski definition) is 2. The third-order valence-corrected chi connectivity index (χ3v) is 3.07. The van der Waals surface area contributed by atoms with Crippen LogP contribution in [0.2, 0.25) is 0 Å². The van der Waals surface area contributed by atoms with Crippen LogP contribution in [0, 0.1) is 0 Å². The Morgan fingerprint density at radius 2 is 0.958 bits per heavy atom. The van der Waals surface area contributed by atoms with Gasteiger partial charge in [0.15, 0.2) is 0 Å². The maximum Gasteiger partial charge on any atom is 0.0701 e. The average Bonchev–Trinajstić information content (AvgIpc) is 2.54. The molecule has 24 heavy (non-hydrogen) atoms. The zero-order valence-electron chi connectivity index (χ0n) is 16.2. The lowest BCUT2D eigenvalue weighted by Crippen LogP contribution is -2.16. The van der Waals surface area contributed by atoms with Crippen molar-refractivity contribution in [3.63, 3.8) is 0 Å². The molecule has 0 heterocycles. The fourth-order valence-corrected chi connectivity index (χ4v) is 2.02. The van der Waals surface area contributed by atoms with Gasteiger partial charge in [-0.3, -0.25) is 0 Å². The molecule has 0 saturated heterocycles. The van der Waals surface area contributed by atoms with Gasteiger partial charge in [0.05, 0.1) is 65.1 Å².